The van der Waals surface area contributed by atoms with Gasteiger partial charge < -0.3 is 9.47 Å². The number of hydrogen-bond acceptors (Lipinski definition) is 2. The summed E-state index contributed by atoms with van der Waals surface area (Å²) < 4.78 is 12.8. The van der Waals surface area contributed by atoms with Crippen molar-refractivity contribution in [2.75, 3.05) is 6.61 Å². The largest absolute Gasteiger partial charge is 0.349 e. The minimum atomic E-state index is -0.309. The predicted molar refractivity (Wildman–Crippen MR) is 81.2 cm³/mol. The number of rotatable bonds is 7. The van der Waals surface area contributed by atoms with E-state index in [0.29, 0.717) is 12.0 Å². The molecule has 0 aromatic heterocycles. The Morgan fingerprint density at radius 3 is 2.00 bits per heavy atom. The first-order chi connectivity index (χ1) is 8.87. The molecule has 0 radical (unpaired) electrons. The van der Waals surface area contributed by atoms with Gasteiger partial charge in [0.2, 0.25) is 0 Å². The smallest absolute Gasteiger partial charge is 0.168 e. The van der Waals surface area contributed by atoms with Crippen LogP contribution in [-0.2, 0) is 9.47 Å². The van der Waals surface area contributed by atoms with Crippen molar-refractivity contribution in [3.63, 3.8) is 0 Å². The van der Waals surface area contributed by atoms with Gasteiger partial charge in [0.15, 0.2) is 5.79 Å². The van der Waals surface area contributed by atoms with Crippen molar-refractivity contribution in [3.05, 3.63) is 0 Å². The Hall–Kier alpha value is -0.0800. The second-order valence-corrected chi connectivity index (χ2v) is 7.18. The van der Waals surface area contributed by atoms with Crippen LogP contribution in [0.3, 0.4) is 0 Å². The fourth-order valence-electron chi connectivity index (χ4n) is 3.14. The van der Waals surface area contributed by atoms with Gasteiger partial charge >= 0.3 is 0 Å². The van der Waals surface area contributed by atoms with Gasteiger partial charge in [-0.05, 0) is 18.8 Å². The summed E-state index contributed by atoms with van der Waals surface area (Å²) in [6, 6.07) is 0. The van der Waals surface area contributed by atoms with Crippen molar-refractivity contribution in [3.8, 4) is 0 Å². The van der Waals surface area contributed by atoms with Gasteiger partial charge in [-0.2, -0.15) is 0 Å². The summed E-state index contributed by atoms with van der Waals surface area (Å²) in [5.41, 5.74) is 0.121. The third kappa shape index (κ3) is 4.46. The van der Waals surface area contributed by atoms with E-state index in [9.17, 15) is 0 Å². The Morgan fingerprint density at radius 1 is 1.05 bits per heavy atom. The van der Waals surface area contributed by atoms with Crippen LogP contribution in [0.5, 0.6) is 0 Å². The van der Waals surface area contributed by atoms with E-state index in [0.717, 1.165) is 19.4 Å². The van der Waals surface area contributed by atoms with E-state index in [1.165, 1.54) is 25.7 Å². The van der Waals surface area contributed by atoms with Crippen LogP contribution in [0.1, 0.15) is 80.1 Å². The minimum absolute atomic E-state index is 0.121. The Morgan fingerprint density at radius 2 is 1.58 bits per heavy atom. The molecule has 0 saturated carbocycles. The first-order valence-electron chi connectivity index (χ1n) is 8.18. The molecule has 0 bridgehead atoms. The lowest BCUT2D eigenvalue weighted by Gasteiger charge is -2.50. The molecular formula is C17H34O2. The van der Waals surface area contributed by atoms with Crippen molar-refractivity contribution >= 4 is 0 Å². The van der Waals surface area contributed by atoms with Crippen LogP contribution in [0.15, 0.2) is 0 Å². The standard InChI is InChI=1S/C17H34O2/c1-7-9-11-17(12-10-8-2)18-13-16(5,6)15(19-17)14(3)4/h14-15H,7-13H2,1-6H3. The first kappa shape index (κ1) is 17.0. The van der Waals surface area contributed by atoms with E-state index in [2.05, 4.69) is 41.5 Å². The molecule has 1 unspecified atom stereocenters. The maximum absolute atomic E-state index is 6.53. The Balaban J connectivity index is 2.80. The summed E-state index contributed by atoms with van der Waals surface area (Å²) in [6.07, 6.45) is 7.18. The quantitative estimate of drug-likeness (QED) is 0.636. The van der Waals surface area contributed by atoms with Crippen molar-refractivity contribution < 1.29 is 9.47 Å². The molecule has 2 nitrogen and oxygen atoms in total. The van der Waals surface area contributed by atoms with Gasteiger partial charge in [-0.25, -0.2) is 0 Å². The summed E-state index contributed by atoms with van der Waals surface area (Å²) in [6.45, 7) is 14.4. The number of hydrogen-bond donors (Lipinski definition) is 0. The van der Waals surface area contributed by atoms with Crippen molar-refractivity contribution in [2.45, 2.75) is 92.0 Å². The van der Waals surface area contributed by atoms with Crippen LogP contribution < -0.4 is 0 Å². The molecule has 1 heterocycles. The topological polar surface area (TPSA) is 18.5 Å². The SMILES string of the molecule is CCCCC1(CCCC)OCC(C)(C)C(C(C)C)O1. The molecule has 1 saturated heterocycles. The normalized spacial score (nSPS) is 25.7. The fourth-order valence-corrected chi connectivity index (χ4v) is 3.14. The maximum atomic E-state index is 6.53. The average molecular weight is 270 g/mol. The lowest BCUT2D eigenvalue weighted by Crippen LogP contribution is -2.54. The van der Waals surface area contributed by atoms with Gasteiger partial charge in [0.25, 0.3) is 0 Å². The van der Waals surface area contributed by atoms with E-state index < -0.39 is 0 Å². The van der Waals surface area contributed by atoms with Crippen LogP contribution in [0.4, 0.5) is 0 Å². The van der Waals surface area contributed by atoms with Crippen molar-refractivity contribution in [1.29, 1.82) is 0 Å². The van der Waals surface area contributed by atoms with Crippen LogP contribution in [0.2, 0.25) is 0 Å². The molecule has 0 aromatic rings. The van der Waals surface area contributed by atoms with E-state index in [-0.39, 0.29) is 11.2 Å². The molecule has 0 spiro atoms. The molecule has 0 amide bonds. The van der Waals surface area contributed by atoms with E-state index >= 15 is 0 Å². The number of ether oxygens (including phenoxy) is 2. The van der Waals surface area contributed by atoms with Crippen molar-refractivity contribution in [1.82, 2.24) is 0 Å². The fraction of sp³-hybridized carbons (Fsp3) is 1.00. The second kappa shape index (κ2) is 7.08. The summed E-state index contributed by atoms with van der Waals surface area (Å²) in [5.74, 6) is 0.234. The molecular weight excluding hydrogens is 236 g/mol. The molecule has 1 aliphatic heterocycles. The molecule has 1 aliphatic rings. The van der Waals surface area contributed by atoms with Crippen LogP contribution in [0, 0.1) is 11.3 Å². The molecule has 0 N–H and O–H groups in total. The zero-order valence-corrected chi connectivity index (χ0v) is 13.9. The summed E-state index contributed by atoms with van der Waals surface area (Å²) in [5, 5.41) is 0. The van der Waals surface area contributed by atoms with Gasteiger partial charge in [-0.3, -0.25) is 0 Å². The number of unbranched alkanes of at least 4 members (excludes halogenated alkanes) is 2. The highest BCUT2D eigenvalue weighted by molar-refractivity contribution is 4.89. The Labute approximate surface area is 120 Å². The van der Waals surface area contributed by atoms with Crippen molar-refractivity contribution in [2.24, 2.45) is 11.3 Å². The highest BCUT2D eigenvalue weighted by Crippen LogP contribution is 2.42. The first-order valence-corrected chi connectivity index (χ1v) is 8.18. The Kier molecular flexibility index (Phi) is 6.32. The van der Waals surface area contributed by atoms with E-state index in [4.69, 9.17) is 9.47 Å². The van der Waals surface area contributed by atoms with Gasteiger partial charge in [0.1, 0.15) is 0 Å². The van der Waals surface area contributed by atoms with Gasteiger partial charge in [0.05, 0.1) is 12.7 Å². The highest BCUT2D eigenvalue weighted by Gasteiger charge is 2.46. The van der Waals surface area contributed by atoms with Crippen LogP contribution in [0.25, 0.3) is 0 Å². The maximum Gasteiger partial charge on any atom is 0.168 e. The van der Waals surface area contributed by atoms with Gasteiger partial charge in [0, 0.05) is 18.3 Å². The van der Waals surface area contributed by atoms with E-state index in [1.54, 1.807) is 0 Å². The zero-order valence-electron chi connectivity index (χ0n) is 13.9. The molecule has 1 fully saturated rings. The van der Waals surface area contributed by atoms with Gasteiger partial charge in [-0.1, -0.05) is 54.4 Å². The highest BCUT2D eigenvalue weighted by atomic mass is 16.7. The monoisotopic (exact) mass is 270 g/mol. The van der Waals surface area contributed by atoms with Gasteiger partial charge in [-0.15, -0.1) is 0 Å². The lowest BCUT2D eigenvalue weighted by molar-refractivity contribution is -0.342. The molecule has 1 atom stereocenters. The summed E-state index contributed by atoms with van der Waals surface area (Å²) in [4.78, 5) is 0. The molecule has 114 valence electrons. The minimum Gasteiger partial charge on any atom is -0.349 e. The summed E-state index contributed by atoms with van der Waals surface area (Å²) in [7, 11) is 0. The van der Waals surface area contributed by atoms with Crippen LogP contribution >= 0.6 is 0 Å². The zero-order chi connectivity index (χ0) is 14.5. The molecule has 2 heteroatoms. The third-order valence-corrected chi connectivity index (χ3v) is 4.25. The average Bonchev–Trinajstić information content (AvgIpc) is 2.36. The predicted octanol–water partition coefficient (Wildman–Crippen LogP) is 5.16. The van der Waals surface area contributed by atoms with Crippen LogP contribution in [-0.4, -0.2) is 18.5 Å². The third-order valence-electron chi connectivity index (χ3n) is 4.25. The molecule has 19 heavy (non-hydrogen) atoms. The van der Waals surface area contributed by atoms with E-state index in [1.807, 2.05) is 0 Å². The molecule has 1 rings (SSSR count). The second-order valence-electron chi connectivity index (χ2n) is 7.18. The summed E-state index contributed by atoms with van der Waals surface area (Å²) >= 11 is 0. The Bertz CT molecular complexity index is 250. The lowest BCUT2D eigenvalue weighted by atomic mass is 9.79. The molecule has 0 aliphatic carbocycles. The molecule has 0 aromatic carbocycles.